The molecule has 0 aromatic heterocycles. The molecule has 0 saturated carbocycles. The zero-order chi connectivity index (χ0) is 18.0. The van der Waals surface area contributed by atoms with Crippen LogP contribution < -0.4 is 5.11 Å². The summed E-state index contributed by atoms with van der Waals surface area (Å²) in [6, 6.07) is 0. The van der Waals surface area contributed by atoms with Crippen molar-refractivity contribution in [1.29, 1.82) is 0 Å². The lowest BCUT2D eigenvalue weighted by Gasteiger charge is -2.04. The van der Waals surface area contributed by atoms with Gasteiger partial charge in [0.2, 0.25) is 0 Å². The summed E-state index contributed by atoms with van der Waals surface area (Å²) in [6.07, 6.45) is 19.4. The number of carbonyl (C=O) groups excluding carboxylic acids is 1. The molecule has 4 nitrogen and oxygen atoms in total. The van der Waals surface area contributed by atoms with Gasteiger partial charge in [-0.15, -0.1) is 0 Å². The summed E-state index contributed by atoms with van der Waals surface area (Å²) in [5, 5.41) is 29.6. The van der Waals surface area contributed by atoms with Gasteiger partial charge in [0.25, 0.3) is 0 Å². The molecule has 24 heavy (non-hydrogen) atoms. The topological polar surface area (TPSA) is 80.6 Å². The number of aliphatic hydroxyl groups excluding tert-OH is 2. The Hall–Kier alpha value is -1.65. The van der Waals surface area contributed by atoms with Crippen LogP contribution in [0.15, 0.2) is 48.6 Å². The summed E-state index contributed by atoms with van der Waals surface area (Å²) in [6.45, 7) is 2.18. The number of carbonyl (C=O) groups is 1. The van der Waals surface area contributed by atoms with Gasteiger partial charge in [-0.1, -0.05) is 68.4 Å². The van der Waals surface area contributed by atoms with Gasteiger partial charge in [-0.3, -0.25) is 0 Å². The lowest BCUT2D eigenvalue weighted by Crippen LogP contribution is -2.22. The minimum absolute atomic E-state index is 0.0333. The first-order valence-corrected chi connectivity index (χ1v) is 8.78. The Morgan fingerprint density at radius 1 is 0.958 bits per heavy atom. The third-order valence-electron chi connectivity index (χ3n) is 3.40. The second-order valence-corrected chi connectivity index (χ2v) is 5.76. The van der Waals surface area contributed by atoms with Gasteiger partial charge in [-0.05, 0) is 38.5 Å². The van der Waals surface area contributed by atoms with Crippen LogP contribution in [0.2, 0.25) is 0 Å². The van der Waals surface area contributed by atoms with Gasteiger partial charge in [-0.2, -0.15) is 0 Å². The average Bonchev–Trinajstić information content (AvgIpc) is 2.53. The number of carboxylic acids is 1. The Kier molecular flexibility index (Phi) is 15.1. The fourth-order valence-electron chi connectivity index (χ4n) is 2.01. The highest BCUT2D eigenvalue weighted by Gasteiger charge is 1.97. The number of hydrogen-bond acceptors (Lipinski definition) is 4. The van der Waals surface area contributed by atoms with E-state index in [1.807, 2.05) is 6.08 Å². The molecule has 0 fully saturated rings. The van der Waals surface area contributed by atoms with E-state index in [0.717, 1.165) is 6.42 Å². The highest BCUT2D eigenvalue weighted by molar-refractivity contribution is 5.64. The summed E-state index contributed by atoms with van der Waals surface area (Å²) in [5.74, 6) is -1.09. The lowest BCUT2D eigenvalue weighted by atomic mass is 10.1. The highest BCUT2D eigenvalue weighted by Crippen LogP contribution is 2.03. The van der Waals surface area contributed by atoms with Crippen LogP contribution in [0.5, 0.6) is 0 Å². The molecule has 0 heterocycles. The molecule has 0 bridgehead atoms. The molecule has 0 aromatic carbocycles. The van der Waals surface area contributed by atoms with E-state index in [-0.39, 0.29) is 6.42 Å². The van der Waals surface area contributed by atoms with Crippen LogP contribution in [-0.4, -0.2) is 28.4 Å². The van der Waals surface area contributed by atoms with Gasteiger partial charge in [-0.25, -0.2) is 0 Å². The second kappa shape index (κ2) is 16.2. The third-order valence-corrected chi connectivity index (χ3v) is 3.40. The molecule has 0 rings (SSSR count). The van der Waals surface area contributed by atoms with Crippen LogP contribution in [0, 0.1) is 0 Å². The van der Waals surface area contributed by atoms with Gasteiger partial charge in [0.15, 0.2) is 0 Å². The van der Waals surface area contributed by atoms with Crippen molar-refractivity contribution in [3.05, 3.63) is 48.6 Å². The molecular formula is C20H31O4-. The maximum Gasteiger partial charge on any atom is 0.0758 e. The fraction of sp³-hybridized carbons (Fsp3) is 0.550. The summed E-state index contributed by atoms with van der Waals surface area (Å²) in [5.41, 5.74) is 0. The monoisotopic (exact) mass is 335 g/mol. The Morgan fingerprint density at radius 2 is 1.62 bits per heavy atom. The Labute approximate surface area is 145 Å². The summed E-state index contributed by atoms with van der Waals surface area (Å²) in [7, 11) is 0. The number of unbranched alkanes of at least 4 members (excludes halogenated alkanes) is 3. The first-order chi connectivity index (χ1) is 11.6. The quantitative estimate of drug-likeness (QED) is 0.291. The van der Waals surface area contributed by atoms with Crippen LogP contribution in [0.25, 0.3) is 0 Å². The van der Waals surface area contributed by atoms with Crippen molar-refractivity contribution >= 4 is 5.97 Å². The number of aliphatic carboxylic acids is 1. The molecule has 2 atom stereocenters. The van der Waals surface area contributed by atoms with Crippen molar-refractivity contribution in [2.24, 2.45) is 0 Å². The molecule has 0 unspecified atom stereocenters. The highest BCUT2D eigenvalue weighted by atomic mass is 16.4. The number of allylic oxidation sites excluding steroid dienone is 5. The maximum atomic E-state index is 10.2. The van der Waals surface area contributed by atoms with Crippen molar-refractivity contribution in [2.45, 2.75) is 70.5 Å². The Bertz CT molecular complexity index is 421. The summed E-state index contributed by atoms with van der Waals surface area (Å²) in [4.78, 5) is 10.2. The van der Waals surface area contributed by atoms with E-state index in [1.165, 1.54) is 19.3 Å². The van der Waals surface area contributed by atoms with Gasteiger partial charge >= 0.3 is 0 Å². The Morgan fingerprint density at radius 3 is 2.25 bits per heavy atom. The van der Waals surface area contributed by atoms with E-state index in [4.69, 9.17) is 0 Å². The van der Waals surface area contributed by atoms with E-state index in [2.05, 4.69) is 13.0 Å². The smallest absolute Gasteiger partial charge is 0.0758 e. The predicted molar refractivity (Wildman–Crippen MR) is 96.2 cm³/mol. The third kappa shape index (κ3) is 16.7. The van der Waals surface area contributed by atoms with Gasteiger partial charge in [0, 0.05) is 5.97 Å². The van der Waals surface area contributed by atoms with Crippen molar-refractivity contribution in [3.63, 3.8) is 0 Å². The maximum absolute atomic E-state index is 10.2. The average molecular weight is 335 g/mol. The summed E-state index contributed by atoms with van der Waals surface area (Å²) >= 11 is 0. The van der Waals surface area contributed by atoms with E-state index in [9.17, 15) is 20.1 Å². The van der Waals surface area contributed by atoms with Crippen LogP contribution in [0.4, 0.5) is 0 Å². The van der Waals surface area contributed by atoms with E-state index in [0.29, 0.717) is 19.3 Å². The predicted octanol–water partition coefficient (Wildman–Crippen LogP) is 2.82. The number of aliphatic hydroxyl groups is 2. The van der Waals surface area contributed by atoms with Crippen molar-refractivity contribution in [2.75, 3.05) is 0 Å². The van der Waals surface area contributed by atoms with Crippen LogP contribution in [0.3, 0.4) is 0 Å². The van der Waals surface area contributed by atoms with E-state index < -0.39 is 18.2 Å². The zero-order valence-electron chi connectivity index (χ0n) is 14.6. The molecule has 0 aliphatic rings. The molecule has 0 saturated heterocycles. The van der Waals surface area contributed by atoms with Crippen molar-refractivity contribution in [1.82, 2.24) is 0 Å². The largest absolute Gasteiger partial charge is 0.550 e. The number of rotatable bonds is 14. The molecule has 0 radical (unpaired) electrons. The molecule has 0 aliphatic heterocycles. The molecule has 0 amide bonds. The fourth-order valence-corrected chi connectivity index (χ4v) is 2.01. The van der Waals surface area contributed by atoms with E-state index in [1.54, 1.807) is 36.5 Å². The molecular weight excluding hydrogens is 304 g/mol. The minimum Gasteiger partial charge on any atom is -0.550 e. The normalized spacial score (nSPS) is 15.1. The molecule has 136 valence electrons. The van der Waals surface area contributed by atoms with E-state index >= 15 is 0 Å². The molecule has 4 heteroatoms. The van der Waals surface area contributed by atoms with Crippen molar-refractivity contribution in [3.8, 4) is 0 Å². The molecule has 0 spiro atoms. The van der Waals surface area contributed by atoms with Crippen LogP contribution in [-0.2, 0) is 4.79 Å². The lowest BCUT2D eigenvalue weighted by molar-refractivity contribution is -0.305. The standard InChI is InChI=1S/C20H32O4/c1-2-3-4-5-6-9-13-18(21)14-10-7-8-11-15-19(22)16-12-17-20(23)24/h6-11,14-15,18-19,21-22H,2-5,12-13,16-17H2,1H3,(H,23,24)/p-1/b8-7+,9-6-,14-10+,15-11+/t18-,19+/m0/s1. The molecule has 0 aliphatic carbocycles. The van der Waals surface area contributed by atoms with Crippen LogP contribution in [0.1, 0.15) is 58.3 Å². The Balaban J connectivity index is 3.81. The first kappa shape index (κ1) is 22.4. The number of hydrogen-bond donors (Lipinski definition) is 2. The second-order valence-electron chi connectivity index (χ2n) is 5.76. The molecule has 0 aromatic rings. The minimum atomic E-state index is -1.09. The SMILES string of the molecule is CCCCC/C=C\C[C@H](O)/C=C/C=C/C=C/[C@@H](O)CCCC(=O)[O-]. The number of carboxylic acid groups (broad SMARTS) is 1. The van der Waals surface area contributed by atoms with Gasteiger partial charge in [0.05, 0.1) is 12.2 Å². The van der Waals surface area contributed by atoms with Gasteiger partial charge < -0.3 is 20.1 Å². The zero-order valence-corrected chi connectivity index (χ0v) is 14.6. The van der Waals surface area contributed by atoms with Crippen LogP contribution >= 0.6 is 0 Å². The van der Waals surface area contributed by atoms with Gasteiger partial charge in [0.1, 0.15) is 0 Å². The first-order valence-electron chi connectivity index (χ1n) is 8.78. The summed E-state index contributed by atoms with van der Waals surface area (Å²) < 4.78 is 0. The molecule has 2 N–H and O–H groups in total. The van der Waals surface area contributed by atoms with Crippen molar-refractivity contribution < 1.29 is 20.1 Å².